The van der Waals surface area contributed by atoms with Crippen LogP contribution in [0.5, 0.6) is 5.75 Å². The van der Waals surface area contributed by atoms with E-state index in [0.29, 0.717) is 0 Å². The van der Waals surface area contributed by atoms with E-state index in [1.165, 1.54) is 11.1 Å². The van der Waals surface area contributed by atoms with Gasteiger partial charge in [-0.05, 0) is 35.9 Å². The van der Waals surface area contributed by atoms with E-state index < -0.39 is 0 Å². The van der Waals surface area contributed by atoms with E-state index in [1.54, 1.807) is 0 Å². The van der Waals surface area contributed by atoms with Gasteiger partial charge < -0.3 is 4.74 Å². The Labute approximate surface area is 137 Å². The molecule has 0 unspecified atom stereocenters. The first-order valence-corrected chi connectivity index (χ1v) is 7.94. The molecule has 2 aromatic rings. The van der Waals surface area contributed by atoms with E-state index >= 15 is 0 Å². The minimum atomic E-state index is 0.792. The van der Waals surface area contributed by atoms with Gasteiger partial charge in [0.1, 0.15) is 5.75 Å². The van der Waals surface area contributed by atoms with Crippen molar-refractivity contribution < 1.29 is 4.74 Å². The van der Waals surface area contributed by atoms with Gasteiger partial charge in [-0.25, -0.2) is 0 Å². The first-order chi connectivity index (χ1) is 10.7. The Morgan fingerprint density at radius 2 is 2.09 bits per heavy atom. The first kappa shape index (κ1) is 15.1. The fourth-order valence-electron chi connectivity index (χ4n) is 2.68. The zero-order valence-electron chi connectivity index (χ0n) is 12.8. The second kappa shape index (κ2) is 6.99. The highest BCUT2D eigenvalue weighted by Gasteiger charge is 2.12. The minimum absolute atomic E-state index is 0.792. The van der Waals surface area contributed by atoms with Crippen molar-refractivity contribution in [1.82, 2.24) is 4.90 Å². The van der Waals surface area contributed by atoms with Crippen molar-refractivity contribution in [2.45, 2.75) is 13.0 Å². The third kappa shape index (κ3) is 3.70. The molecule has 0 saturated heterocycles. The summed E-state index contributed by atoms with van der Waals surface area (Å²) in [6.45, 7) is 2.63. The molecule has 0 aliphatic carbocycles. The molecule has 0 aromatic heterocycles. The van der Waals surface area contributed by atoms with Crippen molar-refractivity contribution in [1.29, 1.82) is 0 Å². The van der Waals surface area contributed by atoms with Gasteiger partial charge in [0, 0.05) is 24.5 Å². The largest absolute Gasteiger partial charge is 0.493 e. The Morgan fingerprint density at radius 1 is 1.23 bits per heavy atom. The molecule has 0 spiro atoms. The van der Waals surface area contributed by atoms with E-state index in [0.717, 1.165) is 42.5 Å². The van der Waals surface area contributed by atoms with Crippen LogP contribution in [-0.2, 0) is 13.0 Å². The molecule has 0 saturated carbocycles. The molecule has 0 radical (unpaired) electrons. The van der Waals surface area contributed by atoms with Gasteiger partial charge in [0.25, 0.3) is 0 Å². The lowest BCUT2D eigenvalue weighted by Gasteiger charge is -2.15. The van der Waals surface area contributed by atoms with Gasteiger partial charge in [-0.1, -0.05) is 54.1 Å². The van der Waals surface area contributed by atoms with Crippen LogP contribution in [0, 0.1) is 0 Å². The quantitative estimate of drug-likeness (QED) is 0.810. The summed E-state index contributed by atoms with van der Waals surface area (Å²) in [6, 6.07) is 14.4. The Bertz CT molecular complexity index is 681. The Kier molecular flexibility index (Phi) is 4.81. The first-order valence-electron chi connectivity index (χ1n) is 7.56. The van der Waals surface area contributed by atoms with Crippen LogP contribution in [0.4, 0.5) is 0 Å². The van der Waals surface area contributed by atoms with E-state index in [2.05, 4.69) is 42.3 Å². The number of rotatable bonds is 5. The molecule has 2 nitrogen and oxygen atoms in total. The number of likely N-dealkylation sites (N-methyl/N-ethyl adjacent to an activating group) is 1. The lowest BCUT2D eigenvalue weighted by molar-refractivity contribution is 0.356. The summed E-state index contributed by atoms with van der Waals surface area (Å²) in [5, 5.41) is 0.792. The predicted octanol–water partition coefficient (Wildman–Crippen LogP) is 4.42. The lowest BCUT2D eigenvalue weighted by atomic mass is 10.1. The number of benzene rings is 2. The maximum atomic E-state index is 6.15. The molecule has 1 heterocycles. The molecule has 0 N–H and O–H groups in total. The number of hydrogen-bond donors (Lipinski definition) is 0. The van der Waals surface area contributed by atoms with Crippen molar-refractivity contribution in [3.8, 4) is 5.75 Å². The number of hydrogen-bond acceptors (Lipinski definition) is 2. The van der Waals surface area contributed by atoms with Gasteiger partial charge >= 0.3 is 0 Å². The maximum Gasteiger partial charge on any atom is 0.122 e. The van der Waals surface area contributed by atoms with Crippen LogP contribution in [0.3, 0.4) is 0 Å². The number of halogens is 1. The van der Waals surface area contributed by atoms with E-state index in [4.69, 9.17) is 16.3 Å². The van der Waals surface area contributed by atoms with E-state index in [9.17, 15) is 0 Å². The normalized spacial score (nSPS) is 13.6. The average Bonchev–Trinajstić information content (AvgIpc) is 2.97. The third-order valence-electron chi connectivity index (χ3n) is 3.83. The van der Waals surface area contributed by atoms with Gasteiger partial charge in [-0.15, -0.1) is 0 Å². The molecule has 1 aliphatic rings. The summed E-state index contributed by atoms with van der Waals surface area (Å²) in [5.74, 6) is 1.05. The molecule has 2 aromatic carbocycles. The predicted molar refractivity (Wildman–Crippen MR) is 92.5 cm³/mol. The number of ether oxygens (including phenoxy) is 1. The lowest BCUT2D eigenvalue weighted by Crippen LogP contribution is -2.17. The van der Waals surface area contributed by atoms with Gasteiger partial charge in [0.15, 0.2) is 0 Å². The Morgan fingerprint density at radius 3 is 2.95 bits per heavy atom. The van der Waals surface area contributed by atoms with Crippen LogP contribution in [0.25, 0.3) is 6.08 Å². The standard InChI is InChI=1S/C19H20ClNO/c1-21(11-4-6-16-5-2-3-7-18(16)20)14-15-8-9-19-17(13-15)10-12-22-19/h2-9,13H,10-12,14H2,1H3. The smallest absolute Gasteiger partial charge is 0.122 e. The monoisotopic (exact) mass is 313 g/mol. The summed E-state index contributed by atoms with van der Waals surface area (Å²) in [4.78, 5) is 2.28. The fourth-order valence-corrected chi connectivity index (χ4v) is 2.88. The summed E-state index contributed by atoms with van der Waals surface area (Å²) < 4.78 is 5.55. The van der Waals surface area contributed by atoms with Gasteiger partial charge in [0.05, 0.1) is 6.61 Å². The highest BCUT2D eigenvalue weighted by Crippen LogP contribution is 2.26. The zero-order valence-corrected chi connectivity index (χ0v) is 13.5. The van der Waals surface area contributed by atoms with Crippen LogP contribution in [0.1, 0.15) is 16.7 Å². The van der Waals surface area contributed by atoms with Crippen molar-refractivity contribution in [2.75, 3.05) is 20.2 Å². The number of fused-ring (bicyclic) bond motifs is 1. The van der Waals surface area contributed by atoms with Crippen molar-refractivity contribution in [3.63, 3.8) is 0 Å². The second-order valence-electron chi connectivity index (χ2n) is 5.66. The molecule has 0 fully saturated rings. The Hall–Kier alpha value is -1.77. The molecule has 3 rings (SSSR count). The highest BCUT2D eigenvalue weighted by molar-refractivity contribution is 6.32. The molecule has 22 heavy (non-hydrogen) atoms. The minimum Gasteiger partial charge on any atom is -0.493 e. The van der Waals surface area contributed by atoms with Crippen LogP contribution in [0.2, 0.25) is 5.02 Å². The summed E-state index contributed by atoms with van der Waals surface area (Å²) in [7, 11) is 2.13. The summed E-state index contributed by atoms with van der Waals surface area (Å²) in [6.07, 6.45) is 5.26. The molecule has 3 heteroatoms. The van der Waals surface area contributed by atoms with Crippen LogP contribution >= 0.6 is 11.6 Å². The van der Waals surface area contributed by atoms with Gasteiger partial charge in [0.2, 0.25) is 0 Å². The maximum absolute atomic E-state index is 6.15. The molecular weight excluding hydrogens is 294 g/mol. The average molecular weight is 314 g/mol. The van der Waals surface area contributed by atoms with Crippen molar-refractivity contribution in [3.05, 3.63) is 70.3 Å². The van der Waals surface area contributed by atoms with E-state index in [1.807, 2.05) is 24.3 Å². The van der Waals surface area contributed by atoms with Crippen LogP contribution in [0.15, 0.2) is 48.5 Å². The van der Waals surface area contributed by atoms with Crippen molar-refractivity contribution in [2.24, 2.45) is 0 Å². The zero-order chi connectivity index (χ0) is 15.4. The highest BCUT2D eigenvalue weighted by atomic mass is 35.5. The van der Waals surface area contributed by atoms with Crippen LogP contribution < -0.4 is 4.74 Å². The SMILES string of the molecule is CN(CC=Cc1ccccc1Cl)Cc1ccc2c(c1)CCO2. The molecule has 114 valence electrons. The number of nitrogens with zero attached hydrogens (tertiary/aromatic N) is 1. The molecular formula is C19H20ClNO. The van der Waals surface area contributed by atoms with Crippen LogP contribution in [-0.4, -0.2) is 25.1 Å². The van der Waals surface area contributed by atoms with Gasteiger partial charge in [-0.2, -0.15) is 0 Å². The van der Waals surface area contributed by atoms with E-state index in [-0.39, 0.29) is 0 Å². The molecule has 1 aliphatic heterocycles. The van der Waals surface area contributed by atoms with Gasteiger partial charge in [-0.3, -0.25) is 4.90 Å². The molecule has 0 bridgehead atoms. The summed E-state index contributed by atoms with van der Waals surface area (Å²) in [5.41, 5.74) is 3.72. The third-order valence-corrected chi connectivity index (χ3v) is 4.17. The van der Waals surface area contributed by atoms with Crippen molar-refractivity contribution >= 4 is 17.7 Å². The second-order valence-corrected chi connectivity index (χ2v) is 6.07. The molecule has 0 atom stereocenters. The topological polar surface area (TPSA) is 12.5 Å². The Balaban J connectivity index is 1.56. The fraction of sp³-hybridized carbons (Fsp3) is 0.263. The molecule has 0 amide bonds. The summed E-state index contributed by atoms with van der Waals surface area (Å²) >= 11 is 6.15.